The molecule has 1 N–H and O–H groups in total. The van der Waals surface area contributed by atoms with Gasteiger partial charge in [-0.2, -0.15) is 0 Å². The lowest BCUT2D eigenvalue weighted by Gasteiger charge is -2.37. The molecule has 1 aromatic carbocycles. The zero-order valence-corrected chi connectivity index (χ0v) is 18.8. The van der Waals surface area contributed by atoms with Gasteiger partial charge < -0.3 is 14.8 Å². The van der Waals surface area contributed by atoms with Crippen molar-refractivity contribution in [3.05, 3.63) is 45.6 Å². The summed E-state index contributed by atoms with van der Waals surface area (Å²) in [5, 5.41) is 5.38. The highest BCUT2D eigenvalue weighted by Crippen LogP contribution is 2.42. The fraction of sp³-hybridized carbons (Fsp3) is 0.542. The Morgan fingerprint density at radius 2 is 1.93 bits per heavy atom. The van der Waals surface area contributed by atoms with Crippen LogP contribution in [-0.2, 0) is 11.2 Å². The molecule has 1 aliphatic carbocycles. The number of carbonyl (C=O) groups excluding carboxylic acids is 1. The Bertz CT molecular complexity index is 846. The standard InChI is InChI=1S/C24H32N2O3S/c1-28-20-15-17-10-12-26(13-11-23(27)25-18-7-4-3-5-8-18)24(22-9-6-14-30-22)19(17)16-21(20)29-2/h6,9,14-16,18,24H,3-5,7-8,10-13H2,1-2H3,(H,25,27). The van der Waals surface area contributed by atoms with E-state index in [4.69, 9.17) is 9.47 Å². The fourth-order valence-electron chi connectivity index (χ4n) is 4.81. The molecule has 4 rings (SSSR count). The maximum atomic E-state index is 12.6. The molecular formula is C24H32N2O3S. The molecule has 2 aromatic rings. The number of amides is 1. The fourth-order valence-corrected chi connectivity index (χ4v) is 5.69. The van der Waals surface area contributed by atoms with Gasteiger partial charge in [0.05, 0.1) is 20.3 Å². The van der Waals surface area contributed by atoms with Crippen LogP contribution in [0.2, 0.25) is 0 Å². The Morgan fingerprint density at radius 3 is 2.63 bits per heavy atom. The first-order chi connectivity index (χ1) is 14.7. The van der Waals surface area contributed by atoms with Gasteiger partial charge in [0.1, 0.15) is 0 Å². The van der Waals surface area contributed by atoms with Crippen LogP contribution < -0.4 is 14.8 Å². The van der Waals surface area contributed by atoms with Gasteiger partial charge in [0, 0.05) is 30.4 Å². The van der Waals surface area contributed by atoms with Crippen molar-refractivity contribution in [1.82, 2.24) is 10.2 Å². The summed E-state index contributed by atoms with van der Waals surface area (Å²) >= 11 is 1.77. The first-order valence-electron chi connectivity index (χ1n) is 11.0. The quantitative estimate of drug-likeness (QED) is 0.703. The third-order valence-electron chi connectivity index (χ3n) is 6.38. The number of ether oxygens (including phenoxy) is 2. The monoisotopic (exact) mass is 428 g/mol. The summed E-state index contributed by atoms with van der Waals surface area (Å²) in [6.07, 6.45) is 7.52. The Morgan fingerprint density at radius 1 is 1.17 bits per heavy atom. The smallest absolute Gasteiger partial charge is 0.221 e. The van der Waals surface area contributed by atoms with E-state index in [1.807, 2.05) is 0 Å². The van der Waals surface area contributed by atoms with Gasteiger partial charge in [-0.3, -0.25) is 9.69 Å². The van der Waals surface area contributed by atoms with Crippen molar-refractivity contribution >= 4 is 17.2 Å². The lowest BCUT2D eigenvalue weighted by atomic mass is 9.90. The number of rotatable bonds is 7. The zero-order valence-electron chi connectivity index (χ0n) is 18.0. The predicted molar refractivity (Wildman–Crippen MR) is 121 cm³/mol. The summed E-state index contributed by atoms with van der Waals surface area (Å²) in [5.41, 5.74) is 2.56. The molecule has 0 spiro atoms. The average molecular weight is 429 g/mol. The average Bonchev–Trinajstić information content (AvgIpc) is 3.31. The van der Waals surface area contributed by atoms with E-state index in [9.17, 15) is 4.79 Å². The molecule has 1 unspecified atom stereocenters. The number of benzene rings is 1. The molecule has 1 saturated carbocycles. The minimum atomic E-state index is 0.149. The van der Waals surface area contributed by atoms with Crippen molar-refractivity contribution in [3.63, 3.8) is 0 Å². The van der Waals surface area contributed by atoms with Gasteiger partial charge in [-0.15, -0.1) is 11.3 Å². The third-order valence-corrected chi connectivity index (χ3v) is 7.31. The summed E-state index contributed by atoms with van der Waals surface area (Å²) in [5.74, 6) is 1.72. The summed E-state index contributed by atoms with van der Waals surface area (Å²) in [6.45, 7) is 1.69. The van der Waals surface area contributed by atoms with Crippen LogP contribution in [0.4, 0.5) is 0 Å². The molecule has 1 aromatic heterocycles. The van der Waals surface area contributed by atoms with Gasteiger partial charge >= 0.3 is 0 Å². The molecule has 5 nitrogen and oxygen atoms in total. The molecule has 162 valence electrons. The van der Waals surface area contributed by atoms with E-state index in [1.165, 1.54) is 35.3 Å². The van der Waals surface area contributed by atoms with Crippen molar-refractivity contribution in [3.8, 4) is 11.5 Å². The van der Waals surface area contributed by atoms with Gasteiger partial charge in [-0.1, -0.05) is 25.3 Å². The molecule has 1 atom stereocenters. The van der Waals surface area contributed by atoms with Crippen LogP contribution in [0.5, 0.6) is 11.5 Å². The molecule has 6 heteroatoms. The number of hydrogen-bond acceptors (Lipinski definition) is 5. The summed E-state index contributed by atoms with van der Waals surface area (Å²) in [6, 6.07) is 9.04. The lowest BCUT2D eigenvalue weighted by Crippen LogP contribution is -2.41. The summed E-state index contributed by atoms with van der Waals surface area (Å²) < 4.78 is 11.1. The number of fused-ring (bicyclic) bond motifs is 1. The van der Waals surface area contributed by atoms with Crippen LogP contribution in [0.1, 0.15) is 60.6 Å². The number of carbonyl (C=O) groups is 1. The van der Waals surface area contributed by atoms with Crippen molar-refractivity contribution in [2.75, 3.05) is 27.3 Å². The second kappa shape index (κ2) is 9.84. The second-order valence-electron chi connectivity index (χ2n) is 8.26. The molecule has 2 heterocycles. The minimum Gasteiger partial charge on any atom is -0.493 e. The topological polar surface area (TPSA) is 50.8 Å². The largest absolute Gasteiger partial charge is 0.493 e. The van der Waals surface area contributed by atoms with Crippen LogP contribution in [0.15, 0.2) is 29.6 Å². The van der Waals surface area contributed by atoms with Crippen LogP contribution in [0.25, 0.3) is 0 Å². The van der Waals surface area contributed by atoms with Crippen molar-refractivity contribution in [1.29, 1.82) is 0 Å². The van der Waals surface area contributed by atoms with E-state index < -0.39 is 0 Å². The van der Waals surface area contributed by atoms with Gasteiger partial charge in [0.15, 0.2) is 11.5 Å². The first-order valence-corrected chi connectivity index (χ1v) is 11.9. The predicted octanol–water partition coefficient (Wildman–Crippen LogP) is 4.55. The molecule has 1 aliphatic heterocycles. The molecule has 0 saturated heterocycles. The number of nitrogens with zero attached hydrogens (tertiary/aromatic N) is 1. The summed E-state index contributed by atoms with van der Waals surface area (Å²) in [4.78, 5) is 16.4. The maximum absolute atomic E-state index is 12.6. The van der Waals surface area contributed by atoms with Crippen LogP contribution >= 0.6 is 11.3 Å². The van der Waals surface area contributed by atoms with E-state index in [1.54, 1.807) is 25.6 Å². The van der Waals surface area contributed by atoms with Gasteiger partial charge in [-0.25, -0.2) is 0 Å². The van der Waals surface area contributed by atoms with Crippen molar-refractivity contribution in [2.45, 2.75) is 57.0 Å². The van der Waals surface area contributed by atoms with Gasteiger partial charge in [0.2, 0.25) is 5.91 Å². The van der Waals surface area contributed by atoms with Gasteiger partial charge in [-0.05, 0) is 54.0 Å². The molecule has 0 bridgehead atoms. The zero-order chi connectivity index (χ0) is 20.9. The SMILES string of the molecule is COc1cc2c(cc1OC)C(c1cccs1)N(CCC(=O)NC1CCCCC1)CC2. The Kier molecular flexibility index (Phi) is 6.95. The van der Waals surface area contributed by atoms with Gasteiger partial charge in [0.25, 0.3) is 0 Å². The highest BCUT2D eigenvalue weighted by atomic mass is 32.1. The Balaban J connectivity index is 1.51. The number of methoxy groups -OCH3 is 2. The van der Waals surface area contributed by atoms with E-state index in [2.05, 4.69) is 39.9 Å². The van der Waals surface area contributed by atoms with Crippen molar-refractivity contribution < 1.29 is 14.3 Å². The van der Waals surface area contributed by atoms with Crippen LogP contribution in [-0.4, -0.2) is 44.2 Å². The second-order valence-corrected chi connectivity index (χ2v) is 9.24. The van der Waals surface area contributed by atoms with E-state index >= 15 is 0 Å². The van der Waals surface area contributed by atoms with Crippen LogP contribution in [0, 0.1) is 0 Å². The minimum absolute atomic E-state index is 0.149. The molecule has 30 heavy (non-hydrogen) atoms. The Labute approximate surface area is 183 Å². The highest BCUT2D eigenvalue weighted by molar-refractivity contribution is 7.10. The van der Waals surface area contributed by atoms with E-state index in [0.29, 0.717) is 12.5 Å². The molecule has 1 fully saturated rings. The summed E-state index contributed by atoms with van der Waals surface area (Å²) in [7, 11) is 3.36. The Hall–Kier alpha value is -2.05. The number of hydrogen-bond donors (Lipinski definition) is 1. The normalized spacial score (nSPS) is 19.9. The van der Waals surface area contributed by atoms with Crippen molar-refractivity contribution in [2.24, 2.45) is 0 Å². The molecule has 0 radical (unpaired) electrons. The van der Waals surface area contributed by atoms with E-state index in [-0.39, 0.29) is 11.9 Å². The number of thiophene rings is 1. The highest BCUT2D eigenvalue weighted by Gasteiger charge is 2.31. The first kappa shape index (κ1) is 21.2. The van der Waals surface area contributed by atoms with Crippen LogP contribution in [0.3, 0.4) is 0 Å². The molecular weight excluding hydrogens is 396 g/mol. The lowest BCUT2D eigenvalue weighted by molar-refractivity contribution is -0.122. The molecule has 2 aliphatic rings. The number of nitrogens with one attached hydrogen (secondary N) is 1. The maximum Gasteiger partial charge on any atom is 0.221 e. The van der Waals surface area contributed by atoms with E-state index in [0.717, 1.165) is 43.9 Å². The molecule has 1 amide bonds. The third kappa shape index (κ3) is 4.65.